The third-order valence-electron chi connectivity index (χ3n) is 7.81. The van der Waals surface area contributed by atoms with Crippen LogP contribution in [0.2, 0.25) is 0 Å². The maximum absolute atomic E-state index is 5.07. The van der Waals surface area contributed by atoms with Crippen LogP contribution in [-0.2, 0) is 12.0 Å². The number of fused-ring (bicyclic) bond motifs is 3. The van der Waals surface area contributed by atoms with Crippen molar-refractivity contribution in [2.24, 2.45) is 4.99 Å². The van der Waals surface area contributed by atoms with E-state index in [-0.39, 0.29) is 5.41 Å². The minimum Gasteiger partial charge on any atom is -0.285 e. The van der Waals surface area contributed by atoms with Crippen LogP contribution in [0.4, 0.5) is 0 Å². The van der Waals surface area contributed by atoms with Gasteiger partial charge in [0.05, 0.1) is 6.54 Å². The topological polar surface area (TPSA) is 12.4 Å². The Morgan fingerprint density at radius 1 is 0.875 bits per heavy atom. The third-order valence-corrected chi connectivity index (χ3v) is 9.06. The van der Waals surface area contributed by atoms with E-state index in [1.807, 2.05) is 13.0 Å². The summed E-state index contributed by atoms with van der Waals surface area (Å²) in [4.78, 5) is 7.51. The second kappa shape index (κ2) is 11.7. The van der Waals surface area contributed by atoms with Crippen molar-refractivity contribution < 1.29 is 0 Å². The Labute approximate surface area is 244 Å². The fraction of sp³-hybridized carbons (Fsp3) is 0.184. The molecule has 0 saturated heterocycles. The highest BCUT2D eigenvalue weighted by Crippen LogP contribution is 2.49. The molecular weight excluding hydrogens is 502 g/mol. The van der Waals surface area contributed by atoms with Gasteiger partial charge in [-0.25, -0.2) is 0 Å². The Kier molecular flexibility index (Phi) is 8.09. The van der Waals surface area contributed by atoms with Crippen molar-refractivity contribution in [3.05, 3.63) is 149 Å². The van der Waals surface area contributed by atoms with Crippen molar-refractivity contribution in [1.82, 2.24) is 0 Å². The summed E-state index contributed by atoms with van der Waals surface area (Å²) in [6.45, 7) is 15.6. The molecule has 0 unspecified atom stereocenters. The summed E-state index contributed by atoms with van der Waals surface area (Å²) in [6, 6.07) is 30.9. The van der Waals surface area contributed by atoms with E-state index in [2.05, 4.69) is 137 Å². The molecule has 200 valence electrons. The molecule has 0 fully saturated rings. The van der Waals surface area contributed by atoms with Crippen molar-refractivity contribution in [2.45, 2.75) is 51.5 Å². The number of hydrogen-bond donors (Lipinski definition) is 0. The first-order valence-corrected chi connectivity index (χ1v) is 14.7. The van der Waals surface area contributed by atoms with Crippen molar-refractivity contribution >= 4 is 17.5 Å². The lowest BCUT2D eigenvalue weighted by atomic mass is 9.82. The zero-order valence-corrected chi connectivity index (χ0v) is 25.0. The lowest BCUT2D eigenvalue weighted by Crippen LogP contribution is -2.15. The Hall–Kier alpha value is -3.88. The molecule has 5 rings (SSSR count). The molecule has 0 saturated carbocycles. The molecule has 0 amide bonds. The monoisotopic (exact) mass is 539 g/mol. The van der Waals surface area contributed by atoms with E-state index in [4.69, 9.17) is 4.99 Å². The smallest absolute Gasteiger partial charge is 0.0643 e. The number of benzene rings is 4. The highest BCUT2D eigenvalue weighted by molar-refractivity contribution is 8.03. The molecule has 2 heteroatoms. The van der Waals surface area contributed by atoms with E-state index in [1.165, 1.54) is 59.9 Å². The van der Waals surface area contributed by atoms with Gasteiger partial charge in [0.2, 0.25) is 0 Å². The van der Waals surface area contributed by atoms with Gasteiger partial charge in [-0.15, -0.1) is 0 Å². The van der Waals surface area contributed by atoms with Gasteiger partial charge in [0.15, 0.2) is 0 Å². The highest BCUT2D eigenvalue weighted by Gasteiger charge is 2.36. The lowest BCUT2D eigenvalue weighted by Gasteiger charge is -2.21. The molecule has 0 spiro atoms. The minimum absolute atomic E-state index is 0.0000454. The molecule has 1 aliphatic rings. The maximum Gasteiger partial charge on any atom is 0.0643 e. The number of nitrogens with zero attached hydrogens (tertiary/aromatic N) is 1. The summed E-state index contributed by atoms with van der Waals surface area (Å²) in [5.41, 5.74) is 12.7. The summed E-state index contributed by atoms with van der Waals surface area (Å²) in [5, 5.41) is 0. The van der Waals surface area contributed by atoms with Gasteiger partial charge < -0.3 is 0 Å². The van der Waals surface area contributed by atoms with Gasteiger partial charge in [0.25, 0.3) is 0 Å². The molecule has 0 atom stereocenters. The molecule has 40 heavy (non-hydrogen) atoms. The van der Waals surface area contributed by atoms with Gasteiger partial charge in [0, 0.05) is 26.5 Å². The summed E-state index contributed by atoms with van der Waals surface area (Å²) in [6.07, 6.45) is 8.11. The van der Waals surface area contributed by atoms with Crippen LogP contribution in [0.25, 0.3) is 22.3 Å². The van der Waals surface area contributed by atoms with Crippen LogP contribution in [0.15, 0.2) is 131 Å². The largest absolute Gasteiger partial charge is 0.285 e. The Balaban J connectivity index is 1.41. The SMILES string of the molecule is C=C/C=C(\C=C/C)Sc1c(C)cccc1-c1ccc(CN=C(C)c2cccc3c2-c2ccccc2C3(C)C)cc1. The molecule has 0 radical (unpaired) electrons. The predicted molar refractivity (Wildman–Crippen MR) is 175 cm³/mol. The van der Waals surface area contributed by atoms with Crippen molar-refractivity contribution in [1.29, 1.82) is 0 Å². The molecule has 0 aliphatic heterocycles. The quantitative estimate of drug-likeness (QED) is 0.123. The molecule has 1 nitrogen and oxygen atoms in total. The molecule has 0 heterocycles. The number of thioether (sulfide) groups is 1. The summed E-state index contributed by atoms with van der Waals surface area (Å²) in [7, 11) is 0. The van der Waals surface area contributed by atoms with E-state index >= 15 is 0 Å². The number of aryl methyl sites for hydroxylation is 1. The average molecular weight is 540 g/mol. The highest BCUT2D eigenvalue weighted by atomic mass is 32.2. The first-order chi connectivity index (χ1) is 19.3. The minimum atomic E-state index is 0.0000454. The van der Waals surface area contributed by atoms with E-state index in [0.717, 1.165) is 5.71 Å². The molecule has 0 bridgehead atoms. The van der Waals surface area contributed by atoms with E-state index in [0.29, 0.717) is 6.54 Å². The second-order valence-electron chi connectivity index (χ2n) is 10.9. The van der Waals surface area contributed by atoms with Gasteiger partial charge in [-0.2, -0.15) is 0 Å². The van der Waals surface area contributed by atoms with Crippen LogP contribution >= 0.6 is 11.8 Å². The summed E-state index contributed by atoms with van der Waals surface area (Å²) < 4.78 is 0. The zero-order valence-electron chi connectivity index (χ0n) is 24.2. The van der Waals surface area contributed by atoms with E-state index in [9.17, 15) is 0 Å². The van der Waals surface area contributed by atoms with Gasteiger partial charge >= 0.3 is 0 Å². The van der Waals surface area contributed by atoms with Crippen LogP contribution in [0.1, 0.15) is 55.5 Å². The summed E-state index contributed by atoms with van der Waals surface area (Å²) >= 11 is 1.79. The molecule has 1 aliphatic carbocycles. The Bertz CT molecular complexity index is 1650. The molecule has 4 aromatic carbocycles. The van der Waals surface area contributed by atoms with Crippen molar-refractivity contribution in [2.75, 3.05) is 0 Å². The van der Waals surface area contributed by atoms with Crippen molar-refractivity contribution in [3.63, 3.8) is 0 Å². The number of aliphatic imine (C=N–C) groups is 1. The van der Waals surface area contributed by atoms with Gasteiger partial charge in [-0.1, -0.05) is 135 Å². The van der Waals surface area contributed by atoms with E-state index < -0.39 is 0 Å². The van der Waals surface area contributed by atoms with Crippen LogP contribution in [0.5, 0.6) is 0 Å². The molecule has 0 aromatic heterocycles. The standard InChI is InChI=1S/C38H37NS/c1-7-13-30(14-8-2)40-37-26(3)15-11-18-32(37)29-23-21-28(22-24-29)25-39-27(4)31-17-12-20-35-36(31)33-16-9-10-19-34(33)38(35,5)6/h7-24H,1,25H2,2-6H3/b14-8-,30-13+,39-27?. The van der Waals surface area contributed by atoms with Crippen LogP contribution < -0.4 is 0 Å². The van der Waals surface area contributed by atoms with Crippen molar-refractivity contribution in [3.8, 4) is 22.3 Å². The zero-order chi connectivity index (χ0) is 28.3. The molecular formula is C38H37NS. The first kappa shape index (κ1) is 27.7. The molecule has 4 aromatic rings. The van der Waals surface area contributed by atoms with Gasteiger partial charge in [-0.05, 0) is 71.4 Å². The second-order valence-corrected chi connectivity index (χ2v) is 11.9. The molecule has 0 N–H and O–H groups in total. The van der Waals surface area contributed by atoms with Crippen LogP contribution in [-0.4, -0.2) is 5.71 Å². The lowest BCUT2D eigenvalue weighted by molar-refractivity contribution is 0.660. The number of rotatable bonds is 8. The predicted octanol–water partition coefficient (Wildman–Crippen LogP) is 10.7. The fourth-order valence-electron chi connectivity index (χ4n) is 5.68. The van der Waals surface area contributed by atoms with Gasteiger partial charge in [0.1, 0.15) is 0 Å². The first-order valence-electron chi connectivity index (χ1n) is 13.9. The third kappa shape index (κ3) is 5.29. The number of hydrogen-bond acceptors (Lipinski definition) is 2. The van der Waals surface area contributed by atoms with Gasteiger partial charge in [-0.3, -0.25) is 4.99 Å². The number of allylic oxidation sites excluding steroid dienone is 4. The normalized spacial score (nSPS) is 14.3. The Morgan fingerprint density at radius 3 is 2.33 bits per heavy atom. The van der Waals surface area contributed by atoms with E-state index in [1.54, 1.807) is 11.8 Å². The van der Waals surface area contributed by atoms with Crippen LogP contribution in [0, 0.1) is 6.92 Å². The fourth-order valence-corrected chi connectivity index (χ4v) is 6.81. The maximum atomic E-state index is 5.07. The Morgan fingerprint density at radius 2 is 1.57 bits per heavy atom. The van der Waals surface area contributed by atoms with Crippen LogP contribution in [0.3, 0.4) is 0 Å². The average Bonchev–Trinajstić information content (AvgIpc) is 3.20. The summed E-state index contributed by atoms with van der Waals surface area (Å²) in [5.74, 6) is 0.